The van der Waals surface area contributed by atoms with Gasteiger partial charge in [-0.2, -0.15) is 10.2 Å². The van der Waals surface area contributed by atoms with Gasteiger partial charge in [0.15, 0.2) is 5.82 Å². The molecule has 0 aliphatic rings. The highest BCUT2D eigenvalue weighted by Crippen LogP contribution is 2.10. The number of hydrogen-bond acceptors (Lipinski definition) is 5. The van der Waals surface area contributed by atoms with Crippen molar-refractivity contribution in [3.8, 4) is 5.82 Å². The largest absolute Gasteiger partial charge is 0.367 e. The molecule has 0 spiro atoms. The summed E-state index contributed by atoms with van der Waals surface area (Å²) >= 11 is 0. The smallest absolute Gasteiger partial charge is 0.174 e. The number of nitrogens with zero attached hydrogens (tertiary/aromatic N) is 6. The first-order valence-electron chi connectivity index (χ1n) is 6.79. The molecule has 3 aromatic rings. The summed E-state index contributed by atoms with van der Waals surface area (Å²) in [5.41, 5.74) is 2.00. The monoisotopic (exact) mass is 283 g/mol. The standard InChI is InChI=1S/C14H17N7/c1-11-8-12(2)21(19-11)14-10-15-9-13(18-14)16-5-7-20-6-3-4-17-20/h3-4,6,8-10H,5,7H2,1-2H3,(H,16,18). The number of hydrogen-bond donors (Lipinski definition) is 1. The molecule has 7 heteroatoms. The Hall–Kier alpha value is -2.70. The Morgan fingerprint density at radius 3 is 2.86 bits per heavy atom. The first-order valence-corrected chi connectivity index (χ1v) is 6.79. The van der Waals surface area contributed by atoms with Gasteiger partial charge in [-0.3, -0.25) is 9.67 Å². The van der Waals surface area contributed by atoms with Crippen LogP contribution >= 0.6 is 0 Å². The highest BCUT2D eigenvalue weighted by Gasteiger charge is 2.06. The van der Waals surface area contributed by atoms with Gasteiger partial charge in [-0.05, 0) is 26.0 Å². The van der Waals surface area contributed by atoms with E-state index in [9.17, 15) is 0 Å². The molecule has 0 aliphatic heterocycles. The lowest BCUT2D eigenvalue weighted by Crippen LogP contribution is -2.13. The van der Waals surface area contributed by atoms with E-state index in [1.807, 2.05) is 36.9 Å². The maximum absolute atomic E-state index is 4.53. The first kappa shape index (κ1) is 13.3. The average molecular weight is 283 g/mol. The van der Waals surface area contributed by atoms with Gasteiger partial charge in [0, 0.05) is 24.6 Å². The summed E-state index contributed by atoms with van der Waals surface area (Å²) in [5, 5.41) is 11.8. The summed E-state index contributed by atoms with van der Waals surface area (Å²) in [6.07, 6.45) is 7.11. The third kappa shape index (κ3) is 3.07. The quantitative estimate of drug-likeness (QED) is 0.769. The van der Waals surface area contributed by atoms with E-state index in [1.54, 1.807) is 23.3 Å². The zero-order valence-corrected chi connectivity index (χ0v) is 12.1. The van der Waals surface area contributed by atoms with Crippen LogP contribution < -0.4 is 5.32 Å². The summed E-state index contributed by atoms with van der Waals surface area (Å²) in [7, 11) is 0. The topological polar surface area (TPSA) is 73.5 Å². The van der Waals surface area contributed by atoms with Crippen molar-refractivity contribution in [1.29, 1.82) is 0 Å². The van der Waals surface area contributed by atoms with Crippen molar-refractivity contribution in [3.05, 3.63) is 48.3 Å². The molecule has 108 valence electrons. The summed E-state index contributed by atoms with van der Waals surface area (Å²) in [6.45, 7) is 5.47. The molecule has 7 nitrogen and oxygen atoms in total. The molecule has 0 aromatic carbocycles. The van der Waals surface area contributed by atoms with Crippen LogP contribution in [0.2, 0.25) is 0 Å². The molecule has 3 rings (SSSR count). The predicted octanol–water partition coefficient (Wildman–Crippen LogP) is 1.59. The minimum absolute atomic E-state index is 0.713. The normalized spacial score (nSPS) is 10.8. The first-order chi connectivity index (χ1) is 10.2. The van der Waals surface area contributed by atoms with Crippen LogP contribution in [-0.2, 0) is 6.54 Å². The van der Waals surface area contributed by atoms with Crippen LogP contribution in [0.3, 0.4) is 0 Å². The molecule has 0 amide bonds. The van der Waals surface area contributed by atoms with Crippen LogP contribution in [0, 0.1) is 13.8 Å². The van der Waals surface area contributed by atoms with E-state index in [0.29, 0.717) is 5.82 Å². The molecule has 0 saturated carbocycles. The lowest BCUT2D eigenvalue weighted by molar-refractivity contribution is 0.636. The van der Waals surface area contributed by atoms with Crippen molar-refractivity contribution in [3.63, 3.8) is 0 Å². The summed E-state index contributed by atoms with van der Waals surface area (Å²) < 4.78 is 3.66. The summed E-state index contributed by atoms with van der Waals surface area (Å²) in [5.74, 6) is 1.44. The molecule has 0 fully saturated rings. The van der Waals surface area contributed by atoms with Crippen molar-refractivity contribution in [2.45, 2.75) is 20.4 Å². The number of aromatic nitrogens is 6. The maximum Gasteiger partial charge on any atom is 0.174 e. The van der Waals surface area contributed by atoms with Gasteiger partial charge in [0.25, 0.3) is 0 Å². The van der Waals surface area contributed by atoms with Crippen LogP contribution in [0.15, 0.2) is 36.9 Å². The second kappa shape index (κ2) is 5.74. The molecular weight excluding hydrogens is 266 g/mol. The van der Waals surface area contributed by atoms with Crippen LogP contribution in [0.5, 0.6) is 0 Å². The Kier molecular flexibility index (Phi) is 3.63. The van der Waals surface area contributed by atoms with E-state index in [0.717, 1.165) is 30.3 Å². The zero-order chi connectivity index (χ0) is 14.7. The third-order valence-electron chi connectivity index (χ3n) is 3.05. The van der Waals surface area contributed by atoms with Crippen LogP contribution in [0.4, 0.5) is 5.82 Å². The second-order valence-corrected chi connectivity index (χ2v) is 4.80. The Morgan fingerprint density at radius 2 is 2.14 bits per heavy atom. The highest BCUT2D eigenvalue weighted by molar-refractivity contribution is 5.36. The van der Waals surface area contributed by atoms with Gasteiger partial charge >= 0.3 is 0 Å². The average Bonchev–Trinajstić information content (AvgIpc) is 3.09. The summed E-state index contributed by atoms with van der Waals surface area (Å²) in [6, 6.07) is 3.92. The van der Waals surface area contributed by atoms with E-state index in [-0.39, 0.29) is 0 Å². The lowest BCUT2D eigenvalue weighted by atomic mass is 10.4. The molecule has 3 heterocycles. The number of rotatable bonds is 5. The van der Waals surface area contributed by atoms with Gasteiger partial charge in [-0.1, -0.05) is 0 Å². The molecule has 0 saturated heterocycles. The van der Waals surface area contributed by atoms with Gasteiger partial charge in [0.1, 0.15) is 5.82 Å². The van der Waals surface area contributed by atoms with Crippen molar-refractivity contribution in [2.75, 3.05) is 11.9 Å². The number of anilines is 1. The molecule has 1 N–H and O–H groups in total. The third-order valence-corrected chi connectivity index (χ3v) is 3.05. The van der Waals surface area contributed by atoms with Crippen molar-refractivity contribution in [2.24, 2.45) is 0 Å². The Bertz CT molecular complexity index is 715. The molecule has 0 bridgehead atoms. The minimum atomic E-state index is 0.713. The van der Waals surface area contributed by atoms with Gasteiger partial charge in [-0.15, -0.1) is 0 Å². The molecular formula is C14H17N7. The SMILES string of the molecule is Cc1cc(C)n(-c2cncc(NCCn3cccn3)n2)n1. The Labute approximate surface area is 122 Å². The van der Waals surface area contributed by atoms with E-state index < -0.39 is 0 Å². The molecule has 0 aliphatic carbocycles. The van der Waals surface area contributed by atoms with E-state index >= 15 is 0 Å². The Balaban J connectivity index is 1.70. The van der Waals surface area contributed by atoms with E-state index in [1.165, 1.54) is 0 Å². The number of aryl methyl sites for hydroxylation is 2. The molecule has 0 unspecified atom stereocenters. The van der Waals surface area contributed by atoms with Crippen LogP contribution in [-0.4, -0.2) is 36.1 Å². The van der Waals surface area contributed by atoms with Crippen LogP contribution in [0.25, 0.3) is 5.82 Å². The molecule has 21 heavy (non-hydrogen) atoms. The number of nitrogens with one attached hydrogen (secondary N) is 1. The van der Waals surface area contributed by atoms with Crippen molar-refractivity contribution in [1.82, 2.24) is 29.5 Å². The van der Waals surface area contributed by atoms with E-state index in [4.69, 9.17) is 0 Å². The fourth-order valence-electron chi connectivity index (χ4n) is 2.13. The second-order valence-electron chi connectivity index (χ2n) is 4.80. The highest BCUT2D eigenvalue weighted by atomic mass is 15.3. The molecule has 3 aromatic heterocycles. The van der Waals surface area contributed by atoms with Crippen LogP contribution in [0.1, 0.15) is 11.4 Å². The van der Waals surface area contributed by atoms with Gasteiger partial charge < -0.3 is 5.32 Å². The van der Waals surface area contributed by atoms with Gasteiger partial charge in [0.2, 0.25) is 0 Å². The summed E-state index contributed by atoms with van der Waals surface area (Å²) in [4.78, 5) is 8.75. The van der Waals surface area contributed by atoms with E-state index in [2.05, 4.69) is 25.5 Å². The fraction of sp³-hybridized carbons (Fsp3) is 0.286. The van der Waals surface area contributed by atoms with Gasteiger partial charge in [0.05, 0.1) is 24.6 Å². The van der Waals surface area contributed by atoms with Gasteiger partial charge in [-0.25, -0.2) is 9.67 Å². The molecule has 0 atom stereocenters. The molecule has 0 radical (unpaired) electrons. The zero-order valence-electron chi connectivity index (χ0n) is 12.1. The minimum Gasteiger partial charge on any atom is -0.367 e. The predicted molar refractivity (Wildman–Crippen MR) is 79.3 cm³/mol. The lowest BCUT2D eigenvalue weighted by Gasteiger charge is -2.08. The Morgan fingerprint density at radius 1 is 1.24 bits per heavy atom. The van der Waals surface area contributed by atoms with Crippen molar-refractivity contribution >= 4 is 5.82 Å². The van der Waals surface area contributed by atoms with Crippen molar-refractivity contribution < 1.29 is 0 Å². The maximum atomic E-state index is 4.53. The fourth-order valence-corrected chi connectivity index (χ4v) is 2.13.